The summed E-state index contributed by atoms with van der Waals surface area (Å²) in [4.78, 5) is 29.4. The predicted octanol–water partition coefficient (Wildman–Crippen LogP) is 3.61. The third-order valence-electron chi connectivity index (χ3n) is 6.26. The number of aliphatic imine (C=N–C) groups is 1. The average molecular weight is 545 g/mol. The Labute approximate surface area is 253 Å². The van der Waals surface area contributed by atoms with Crippen LogP contribution in [0.15, 0.2) is 88.8 Å². The number of carboxylic acid groups (broad SMARTS) is 1. The second kappa shape index (κ2) is 12.7. The molecule has 2 N–H and O–H groups in total. The summed E-state index contributed by atoms with van der Waals surface area (Å²) in [6.45, 7) is 4.04. The molecular weight excluding hydrogens is 519 g/mol. The molecule has 1 aliphatic rings. The number of carbonyl (C=O) groups is 2. The molecule has 5 rings (SSSR count). The number of hydrogen-bond acceptors (Lipinski definition) is 5. The maximum atomic E-state index is 12.9. The number of carboxylic acids is 1. The van der Waals surface area contributed by atoms with Gasteiger partial charge in [0.25, 0.3) is 11.9 Å². The van der Waals surface area contributed by atoms with E-state index in [-0.39, 0.29) is 35.5 Å². The van der Waals surface area contributed by atoms with Crippen molar-refractivity contribution in [1.29, 1.82) is 0 Å². The topological polar surface area (TPSA) is 88.0 Å². The Bertz CT molecular complexity index is 1600. The van der Waals surface area contributed by atoms with Crippen LogP contribution in [0.4, 0.5) is 5.69 Å². The molecule has 8 heteroatoms. The molecule has 1 atom stereocenters. The van der Waals surface area contributed by atoms with E-state index in [0.717, 1.165) is 21.9 Å². The first-order valence-electron chi connectivity index (χ1n) is 12.1. The molecule has 1 heterocycles. The maximum absolute atomic E-state index is 12.9. The van der Waals surface area contributed by atoms with Gasteiger partial charge in [0.1, 0.15) is 12.4 Å². The number of amidine groups is 1. The molecule has 1 saturated heterocycles. The van der Waals surface area contributed by atoms with Gasteiger partial charge in [-0.25, -0.2) is 0 Å². The fourth-order valence-corrected chi connectivity index (χ4v) is 4.89. The smallest absolute Gasteiger partial charge is 0.488 e. The molecule has 1 aliphatic heterocycles. The number of nitrogens with zero attached hydrogens (tertiary/aromatic N) is 1. The Morgan fingerprint density at radius 1 is 1.13 bits per heavy atom. The van der Waals surface area contributed by atoms with Gasteiger partial charge in [-0.05, 0) is 58.9 Å². The molecule has 0 bridgehead atoms. The van der Waals surface area contributed by atoms with Crippen LogP contribution in [0.5, 0.6) is 5.75 Å². The van der Waals surface area contributed by atoms with Crippen LogP contribution in [0, 0.1) is 13.0 Å². The van der Waals surface area contributed by atoms with Gasteiger partial charge in [-0.1, -0.05) is 61.0 Å². The van der Waals surface area contributed by atoms with Gasteiger partial charge in [0.05, 0.1) is 4.91 Å². The largest absolute Gasteiger partial charge is 1.00 e. The van der Waals surface area contributed by atoms with Crippen LogP contribution in [0.3, 0.4) is 0 Å². The van der Waals surface area contributed by atoms with Crippen molar-refractivity contribution in [2.45, 2.75) is 26.4 Å². The molecular formula is C31H25N2NaO4S. The Morgan fingerprint density at radius 3 is 2.56 bits per heavy atom. The van der Waals surface area contributed by atoms with Crippen LogP contribution >= 0.6 is 11.8 Å². The SMILES string of the molecule is Cc1ccc(COc2cc3ccccc3cc2C=C2SC(=Nc3cc[c-]cc3C(C)C(=O)O)NC2=O)cc1.[Na+]. The van der Waals surface area contributed by atoms with Gasteiger partial charge in [-0.15, -0.1) is 11.6 Å². The summed E-state index contributed by atoms with van der Waals surface area (Å²) in [5.74, 6) is -1.31. The maximum Gasteiger partial charge on any atom is 1.00 e. The van der Waals surface area contributed by atoms with Gasteiger partial charge in [0.2, 0.25) is 0 Å². The number of rotatable bonds is 7. The van der Waals surface area contributed by atoms with Crippen molar-refractivity contribution in [2.75, 3.05) is 0 Å². The number of aliphatic carboxylic acids is 1. The van der Waals surface area contributed by atoms with E-state index in [4.69, 9.17) is 4.74 Å². The van der Waals surface area contributed by atoms with E-state index in [1.807, 2.05) is 55.5 Å². The first kappa shape index (κ1) is 28.6. The molecule has 0 aromatic heterocycles. The van der Waals surface area contributed by atoms with Crippen LogP contribution in [0.1, 0.15) is 35.1 Å². The summed E-state index contributed by atoms with van der Waals surface area (Å²) >= 11 is 1.20. The van der Waals surface area contributed by atoms with Crippen LogP contribution in [0.25, 0.3) is 16.8 Å². The summed E-state index contributed by atoms with van der Waals surface area (Å²) in [7, 11) is 0. The number of nitrogens with one attached hydrogen (secondary N) is 1. The molecule has 39 heavy (non-hydrogen) atoms. The summed E-state index contributed by atoms with van der Waals surface area (Å²) in [5.41, 5.74) is 4.03. The molecule has 4 aromatic carbocycles. The number of amides is 1. The number of benzene rings is 4. The Kier molecular flexibility index (Phi) is 9.30. The first-order valence-corrected chi connectivity index (χ1v) is 12.9. The summed E-state index contributed by atoms with van der Waals surface area (Å²) in [6.07, 6.45) is 1.80. The van der Waals surface area contributed by atoms with Gasteiger partial charge in [0, 0.05) is 11.5 Å². The summed E-state index contributed by atoms with van der Waals surface area (Å²) in [6, 6.07) is 28.1. The third-order valence-corrected chi connectivity index (χ3v) is 7.17. The van der Waals surface area contributed by atoms with E-state index in [1.54, 1.807) is 31.2 Å². The minimum atomic E-state index is -0.954. The standard InChI is InChI=1S/C31H25N2O4S.Na/c1-19-11-13-21(14-12-19)18-37-27-16-23-8-4-3-7-22(23)15-24(27)17-28-29(34)33-31(38-28)32-26-10-6-5-9-25(26)20(2)30(35)36;/h3-4,6-17,20H,18H2,1-2H3,(H,35,36)(H,32,33,34);/q-1;+1. The van der Waals surface area contributed by atoms with Gasteiger partial charge in [-0.2, -0.15) is 18.2 Å². The zero-order chi connectivity index (χ0) is 26.6. The van der Waals surface area contributed by atoms with E-state index in [1.165, 1.54) is 17.3 Å². The summed E-state index contributed by atoms with van der Waals surface area (Å²) < 4.78 is 6.23. The Hall–Kier alpha value is -3.36. The van der Waals surface area contributed by atoms with Crippen molar-refractivity contribution in [3.63, 3.8) is 0 Å². The predicted molar refractivity (Wildman–Crippen MR) is 152 cm³/mol. The zero-order valence-electron chi connectivity index (χ0n) is 21.9. The van der Waals surface area contributed by atoms with Gasteiger partial charge in [-0.3, -0.25) is 14.6 Å². The zero-order valence-corrected chi connectivity index (χ0v) is 24.7. The van der Waals surface area contributed by atoms with E-state index in [0.29, 0.717) is 33.7 Å². The molecule has 1 fully saturated rings. The average Bonchev–Trinajstić information content (AvgIpc) is 3.26. The molecule has 0 radical (unpaired) electrons. The monoisotopic (exact) mass is 544 g/mol. The number of fused-ring (bicyclic) bond motifs is 1. The van der Waals surface area contributed by atoms with Crippen molar-refractivity contribution in [3.05, 3.63) is 112 Å². The molecule has 190 valence electrons. The number of aryl methyl sites for hydroxylation is 1. The molecule has 1 unspecified atom stereocenters. The number of thioether (sulfide) groups is 1. The molecule has 6 nitrogen and oxygen atoms in total. The van der Waals surface area contributed by atoms with E-state index in [2.05, 4.69) is 28.5 Å². The van der Waals surface area contributed by atoms with E-state index in [9.17, 15) is 14.7 Å². The van der Waals surface area contributed by atoms with Crippen molar-refractivity contribution < 1.29 is 49.0 Å². The number of hydrogen-bond donors (Lipinski definition) is 2. The van der Waals surface area contributed by atoms with Gasteiger partial charge < -0.3 is 15.2 Å². The fraction of sp³-hybridized carbons (Fsp3) is 0.129. The third kappa shape index (κ3) is 6.81. The number of carbonyl (C=O) groups excluding carboxylic acids is 1. The summed E-state index contributed by atoms with van der Waals surface area (Å²) in [5, 5.41) is 14.7. The molecule has 4 aromatic rings. The van der Waals surface area contributed by atoms with Crippen LogP contribution in [-0.4, -0.2) is 22.2 Å². The minimum Gasteiger partial charge on any atom is -0.488 e. The van der Waals surface area contributed by atoms with Crippen LogP contribution in [-0.2, 0) is 16.2 Å². The normalized spacial score (nSPS) is 15.7. The second-order valence-corrected chi connectivity index (χ2v) is 10.1. The molecule has 0 spiro atoms. The number of ether oxygens (including phenoxy) is 1. The van der Waals surface area contributed by atoms with Crippen LogP contribution < -0.4 is 39.6 Å². The van der Waals surface area contributed by atoms with Crippen molar-refractivity contribution in [3.8, 4) is 5.75 Å². The van der Waals surface area contributed by atoms with Crippen molar-refractivity contribution >= 4 is 51.3 Å². The first-order chi connectivity index (χ1) is 18.4. The van der Waals surface area contributed by atoms with Crippen molar-refractivity contribution in [2.24, 2.45) is 4.99 Å². The Morgan fingerprint density at radius 2 is 1.85 bits per heavy atom. The molecule has 0 saturated carbocycles. The van der Waals surface area contributed by atoms with E-state index >= 15 is 0 Å². The van der Waals surface area contributed by atoms with E-state index < -0.39 is 11.9 Å². The van der Waals surface area contributed by atoms with Crippen molar-refractivity contribution in [1.82, 2.24) is 5.32 Å². The van der Waals surface area contributed by atoms with Gasteiger partial charge >= 0.3 is 29.6 Å². The molecule has 0 aliphatic carbocycles. The second-order valence-electron chi connectivity index (χ2n) is 9.04. The van der Waals surface area contributed by atoms with Crippen LogP contribution in [0.2, 0.25) is 0 Å². The molecule has 1 amide bonds. The fourth-order valence-electron chi connectivity index (χ4n) is 4.07. The minimum absolute atomic E-state index is 0. The quantitative estimate of drug-likeness (QED) is 0.211. The van der Waals surface area contributed by atoms with Gasteiger partial charge in [0.15, 0.2) is 5.17 Å². The Balaban J connectivity index is 0.00000353.